The highest BCUT2D eigenvalue weighted by atomic mass is 79.9. The van der Waals surface area contributed by atoms with E-state index in [0.717, 1.165) is 10.0 Å². The quantitative estimate of drug-likeness (QED) is 0.481. The Hall–Kier alpha value is -1.86. The molecule has 1 aliphatic heterocycles. The van der Waals surface area contributed by atoms with Crippen LogP contribution >= 0.6 is 27.7 Å². The van der Waals surface area contributed by atoms with Gasteiger partial charge < -0.3 is 9.88 Å². The molecule has 0 saturated carbocycles. The molecule has 2 aromatic rings. The van der Waals surface area contributed by atoms with Crippen LogP contribution in [0, 0.1) is 0 Å². The number of halogens is 1. The normalized spacial score (nSPS) is 16.4. The van der Waals surface area contributed by atoms with E-state index in [4.69, 9.17) is 0 Å². The van der Waals surface area contributed by atoms with Crippen molar-refractivity contribution in [3.8, 4) is 0 Å². The average molecular weight is 406 g/mol. The van der Waals surface area contributed by atoms with Gasteiger partial charge in [0.25, 0.3) is 5.56 Å². The van der Waals surface area contributed by atoms with Gasteiger partial charge in [0.15, 0.2) is 5.16 Å². The molecule has 0 spiro atoms. The van der Waals surface area contributed by atoms with E-state index in [1.54, 1.807) is 17.7 Å². The number of carbonyl (C=O) groups excluding carboxylic acids is 1. The molecule has 1 amide bonds. The fourth-order valence-electron chi connectivity index (χ4n) is 2.81. The van der Waals surface area contributed by atoms with E-state index in [1.807, 2.05) is 24.3 Å². The summed E-state index contributed by atoms with van der Waals surface area (Å²) in [5, 5.41) is 3.40. The van der Waals surface area contributed by atoms with Crippen LogP contribution < -0.4 is 10.9 Å². The Morgan fingerprint density at radius 3 is 3.00 bits per heavy atom. The zero-order valence-electron chi connectivity index (χ0n) is 13.1. The first-order valence-corrected chi connectivity index (χ1v) is 9.19. The first-order chi connectivity index (χ1) is 11.5. The second-order valence-electron chi connectivity index (χ2n) is 5.48. The minimum Gasteiger partial charge on any atom is -0.312 e. The Morgan fingerprint density at radius 1 is 1.50 bits per heavy atom. The van der Waals surface area contributed by atoms with Crippen LogP contribution in [-0.2, 0) is 11.8 Å². The van der Waals surface area contributed by atoms with Crippen molar-refractivity contribution >= 4 is 39.4 Å². The Morgan fingerprint density at radius 2 is 2.29 bits per heavy atom. The molecule has 0 aliphatic carbocycles. The Bertz CT molecular complexity index is 879. The van der Waals surface area contributed by atoms with Crippen molar-refractivity contribution < 1.29 is 4.79 Å². The summed E-state index contributed by atoms with van der Waals surface area (Å²) in [6, 6.07) is 7.68. The van der Waals surface area contributed by atoms with Crippen LogP contribution in [0.3, 0.4) is 0 Å². The third kappa shape index (κ3) is 3.18. The van der Waals surface area contributed by atoms with E-state index in [2.05, 4.69) is 32.8 Å². The molecule has 0 bridgehead atoms. The van der Waals surface area contributed by atoms with Gasteiger partial charge in [-0.1, -0.05) is 45.9 Å². The number of amides is 1. The highest BCUT2D eigenvalue weighted by molar-refractivity contribution is 9.10. The number of fused-ring (bicyclic) bond motifs is 1. The summed E-state index contributed by atoms with van der Waals surface area (Å²) in [6.07, 6.45) is 1.98. The van der Waals surface area contributed by atoms with Gasteiger partial charge in [-0.15, -0.1) is 6.58 Å². The highest BCUT2D eigenvalue weighted by Gasteiger charge is 2.32. The standard InChI is InChI=1S/C17H16BrN3O2S/c1-3-7-24-17-20-16(23)14-12(10-5-4-6-11(18)8-10)9-13(22)19-15(14)21(17)2/h3-6,8,12H,1,7,9H2,2H3,(H,19,22). The molecule has 1 atom stereocenters. The van der Waals surface area contributed by atoms with Crippen molar-refractivity contribution in [1.29, 1.82) is 0 Å². The minimum absolute atomic E-state index is 0.103. The van der Waals surface area contributed by atoms with Gasteiger partial charge in [0.2, 0.25) is 5.91 Å². The van der Waals surface area contributed by atoms with Crippen molar-refractivity contribution in [2.75, 3.05) is 11.1 Å². The molecule has 0 radical (unpaired) electrons. The third-order valence-electron chi connectivity index (χ3n) is 3.88. The Labute approximate surface area is 152 Å². The molecule has 1 aromatic heterocycles. The lowest BCUT2D eigenvalue weighted by molar-refractivity contribution is -0.116. The molecule has 2 heterocycles. The van der Waals surface area contributed by atoms with E-state index in [-0.39, 0.29) is 23.8 Å². The summed E-state index contributed by atoms with van der Waals surface area (Å²) in [5.41, 5.74) is 1.17. The first-order valence-electron chi connectivity index (χ1n) is 7.41. The number of aromatic nitrogens is 2. The van der Waals surface area contributed by atoms with Crippen molar-refractivity contribution in [3.05, 3.63) is 62.9 Å². The number of thioether (sulfide) groups is 1. The predicted octanol–water partition coefficient (Wildman–Crippen LogP) is 3.30. The Kier molecular flexibility index (Phi) is 4.91. The smallest absolute Gasteiger partial charge is 0.279 e. The lowest BCUT2D eigenvalue weighted by Gasteiger charge is -2.27. The van der Waals surface area contributed by atoms with Gasteiger partial charge >= 0.3 is 0 Å². The molecule has 7 heteroatoms. The number of nitrogens with zero attached hydrogens (tertiary/aromatic N) is 2. The number of nitrogens with one attached hydrogen (secondary N) is 1. The molecule has 1 unspecified atom stereocenters. The monoisotopic (exact) mass is 405 g/mol. The molecule has 1 aromatic carbocycles. The number of hydrogen-bond donors (Lipinski definition) is 1. The second-order valence-corrected chi connectivity index (χ2v) is 7.38. The number of carbonyl (C=O) groups is 1. The van der Waals surface area contributed by atoms with E-state index in [9.17, 15) is 9.59 Å². The molecule has 0 saturated heterocycles. The van der Waals surface area contributed by atoms with Crippen LogP contribution in [0.25, 0.3) is 0 Å². The van der Waals surface area contributed by atoms with Crippen LogP contribution in [0.1, 0.15) is 23.5 Å². The SMILES string of the molecule is C=CCSc1nc(=O)c2c(n1C)NC(=O)CC2c1cccc(Br)c1. The van der Waals surface area contributed by atoms with E-state index >= 15 is 0 Å². The van der Waals surface area contributed by atoms with Crippen molar-refractivity contribution in [2.45, 2.75) is 17.5 Å². The third-order valence-corrected chi connectivity index (χ3v) is 5.40. The van der Waals surface area contributed by atoms with Gasteiger partial charge in [0.05, 0.1) is 5.56 Å². The maximum atomic E-state index is 12.6. The molecule has 1 aliphatic rings. The fraction of sp³-hybridized carbons (Fsp3) is 0.235. The van der Waals surface area contributed by atoms with Gasteiger partial charge in [-0.25, -0.2) is 0 Å². The maximum absolute atomic E-state index is 12.6. The topological polar surface area (TPSA) is 64.0 Å². The summed E-state index contributed by atoms with van der Waals surface area (Å²) in [7, 11) is 1.81. The molecule has 1 N–H and O–H groups in total. The zero-order valence-corrected chi connectivity index (χ0v) is 15.5. The van der Waals surface area contributed by atoms with E-state index < -0.39 is 0 Å². The van der Waals surface area contributed by atoms with Crippen LogP contribution in [0.5, 0.6) is 0 Å². The Balaban J connectivity index is 2.16. The van der Waals surface area contributed by atoms with Gasteiger partial charge in [0.1, 0.15) is 5.82 Å². The summed E-state index contributed by atoms with van der Waals surface area (Å²) in [6.45, 7) is 3.68. The van der Waals surface area contributed by atoms with Gasteiger partial charge in [0, 0.05) is 29.6 Å². The molecule has 5 nitrogen and oxygen atoms in total. The van der Waals surface area contributed by atoms with E-state index in [1.165, 1.54) is 11.8 Å². The minimum atomic E-state index is -0.295. The van der Waals surface area contributed by atoms with Crippen LogP contribution in [0.15, 0.2) is 51.3 Å². The van der Waals surface area contributed by atoms with Gasteiger partial charge in [-0.3, -0.25) is 9.59 Å². The molecule has 124 valence electrons. The van der Waals surface area contributed by atoms with Crippen LogP contribution in [0.4, 0.5) is 5.82 Å². The second kappa shape index (κ2) is 6.94. The number of hydrogen-bond acceptors (Lipinski definition) is 4. The highest BCUT2D eigenvalue weighted by Crippen LogP contribution is 2.36. The maximum Gasteiger partial charge on any atom is 0.279 e. The lowest BCUT2D eigenvalue weighted by Crippen LogP contribution is -2.33. The predicted molar refractivity (Wildman–Crippen MR) is 99.6 cm³/mol. The molecular formula is C17H16BrN3O2S. The summed E-state index contributed by atoms with van der Waals surface area (Å²) >= 11 is 4.85. The lowest BCUT2D eigenvalue weighted by atomic mass is 9.87. The number of rotatable bonds is 4. The van der Waals surface area contributed by atoms with E-state index in [0.29, 0.717) is 22.3 Å². The molecule has 24 heavy (non-hydrogen) atoms. The fourth-order valence-corrected chi connectivity index (χ4v) is 3.92. The summed E-state index contributed by atoms with van der Waals surface area (Å²) in [4.78, 5) is 29.1. The largest absolute Gasteiger partial charge is 0.312 e. The molecule has 0 fully saturated rings. The average Bonchev–Trinajstić information content (AvgIpc) is 2.56. The van der Waals surface area contributed by atoms with Crippen molar-refractivity contribution in [1.82, 2.24) is 9.55 Å². The van der Waals surface area contributed by atoms with Crippen molar-refractivity contribution in [3.63, 3.8) is 0 Å². The van der Waals surface area contributed by atoms with Crippen LogP contribution in [-0.4, -0.2) is 21.2 Å². The molecular weight excluding hydrogens is 390 g/mol. The van der Waals surface area contributed by atoms with Crippen LogP contribution in [0.2, 0.25) is 0 Å². The zero-order chi connectivity index (χ0) is 17.3. The number of anilines is 1. The number of benzene rings is 1. The first kappa shape index (κ1) is 17.0. The summed E-state index contributed by atoms with van der Waals surface area (Å²) in [5.74, 6) is 0.772. The molecule has 3 rings (SSSR count). The summed E-state index contributed by atoms with van der Waals surface area (Å²) < 4.78 is 2.68. The van der Waals surface area contributed by atoms with Gasteiger partial charge in [-0.05, 0) is 17.7 Å². The van der Waals surface area contributed by atoms with Crippen molar-refractivity contribution in [2.24, 2.45) is 7.05 Å². The van der Waals surface area contributed by atoms with Gasteiger partial charge in [-0.2, -0.15) is 4.98 Å².